The number of nitrogens with zero attached hydrogens (tertiary/aromatic N) is 2. The number of rotatable bonds is 6. The summed E-state index contributed by atoms with van der Waals surface area (Å²) in [5, 5.41) is 0. The minimum absolute atomic E-state index is 0.146. The zero-order valence-electron chi connectivity index (χ0n) is 13.9. The van der Waals surface area contributed by atoms with Crippen LogP contribution in [0.3, 0.4) is 0 Å². The van der Waals surface area contributed by atoms with Crippen molar-refractivity contribution in [3.05, 3.63) is 24.3 Å². The molecule has 24 heavy (non-hydrogen) atoms. The van der Waals surface area contributed by atoms with Gasteiger partial charge in [0.25, 0.3) is 0 Å². The smallest absolute Gasteiger partial charge is 0.242 e. The Morgan fingerprint density at radius 1 is 1.29 bits per heavy atom. The van der Waals surface area contributed by atoms with Gasteiger partial charge in [-0.15, -0.1) is 0 Å². The first-order valence-electron chi connectivity index (χ1n) is 7.71. The van der Waals surface area contributed by atoms with Crippen LogP contribution in [0.4, 0.5) is 5.69 Å². The number of methoxy groups -OCH3 is 1. The lowest BCUT2D eigenvalue weighted by molar-refractivity contribution is -0.134. The first-order chi connectivity index (χ1) is 11.4. The highest BCUT2D eigenvalue weighted by Gasteiger charge is 2.27. The molecule has 1 aromatic rings. The van der Waals surface area contributed by atoms with Gasteiger partial charge in [0, 0.05) is 33.3 Å². The summed E-state index contributed by atoms with van der Waals surface area (Å²) >= 11 is 0. The average molecular weight is 356 g/mol. The van der Waals surface area contributed by atoms with Gasteiger partial charge in [0.15, 0.2) is 0 Å². The van der Waals surface area contributed by atoms with E-state index in [4.69, 9.17) is 10.5 Å². The van der Waals surface area contributed by atoms with Gasteiger partial charge in [-0.3, -0.25) is 4.79 Å². The van der Waals surface area contributed by atoms with Gasteiger partial charge < -0.3 is 20.3 Å². The largest absolute Gasteiger partial charge is 0.383 e. The fourth-order valence-corrected chi connectivity index (χ4v) is 3.66. The molecule has 0 bridgehead atoms. The summed E-state index contributed by atoms with van der Waals surface area (Å²) in [6.07, 6.45) is 0. The van der Waals surface area contributed by atoms with Crippen molar-refractivity contribution >= 4 is 21.6 Å². The van der Waals surface area contributed by atoms with Crippen LogP contribution in [0.25, 0.3) is 0 Å². The number of ether oxygens (including phenoxy) is 1. The number of amides is 1. The highest BCUT2D eigenvalue weighted by molar-refractivity contribution is 7.89. The molecule has 134 valence electrons. The highest BCUT2D eigenvalue weighted by Crippen LogP contribution is 2.25. The van der Waals surface area contributed by atoms with E-state index >= 15 is 0 Å². The number of hydrogen-bond donors (Lipinski definition) is 2. The van der Waals surface area contributed by atoms with Crippen LogP contribution in [0, 0.1) is 0 Å². The second-order valence-corrected chi connectivity index (χ2v) is 7.40. The number of para-hydroxylation sites is 1. The van der Waals surface area contributed by atoms with Crippen molar-refractivity contribution in [3.8, 4) is 0 Å². The Balaban J connectivity index is 2.10. The molecule has 0 saturated carbocycles. The summed E-state index contributed by atoms with van der Waals surface area (Å²) in [5.74, 6) is -0.146. The van der Waals surface area contributed by atoms with Gasteiger partial charge >= 0.3 is 0 Å². The number of sulfonamides is 1. The summed E-state index contributed by atoms with van der Waals surface area (Å²) in [7, 11) is -0.645. The van der Waals surface area contributed by atoms with Gasteiger partial charge in [0.05, 0.1) is 12.3 Å². The summed E-state index contributed by atoms with van der Waals surface area (Å²) in [6.45, 7) is 2.25. The first kappa shape index (κ1) is 18.7. The Hall–Kier alpha value is -1.68. The SMILES string of the molecule is CNS(=O)(=O)c1ccccc1N1CCN(C(=O)C(N)COC)CC1. The Kier molecular flexibility index (Phi) is 6.16. The van der Waals surface area contributed by atoms with E-state index in [1.54, 1.807) is 29.2 Å². The summed E-state index contributed by atoms with van der Waals surface area (Å²) in [5.41, 5.74) is 6.43. The van der Waals surface area contributed by atoms with Gasteiger partial charge in [-0.25, -0.2) is 13.1 Å². The molecule has 1 aliphatic heterocycles. The maximum absolute atomic E-state index is 12.2. The number of nitrogens with one attached hydrogen (secondary N) is 1. The van der Waals surface area contributed by atoms with Crippen molar-refractivity contribution in [1.29, 1.82) is 0 Å². The van der Waals surface area contributed by atoms with Crippen molar-refractivity contribution in [2.45, 2.75) is 10.9 Å². The van der Waals surface area contributed by atoms with Gasteiger partial charge in [0.1, 0.15) is 10.9 Å². The van der Waals surface area contributed by atoms with Crippen molar-refractivity contribution in [1.82, 2.24) is 9.62 Å². The van der Waals surface area contributed by atoms with E-state index in [0.717, 1.165) is 0 Å². The molecule has 0 aromatic heterocycles. The van der Waals surface area contributed by atoms with Crippen molar-refractivity contribution < 1.29 is 17.9 Å². The zero-order chi connectivity index (χ0) is 17.7. The van der Waals surface area contributed by atoms with Crippen LogP contribution in [0.1, 0.15) is 0 Å². The third-order valence-electron chi connectivity index (χ3n) is 4.02. The molecular weight excluding hydrogens is 332 g/mol. The molecule has 1 aliphatic rings. The Bertz CT molecular complexity index is 672. The molecule has 0 aliphatic carbocycles. The molecule has 0 radical (unpaired) electrons. The molecule has 1 fully saturated rings. The molecule has 3 N–H and O–H groups in total. The Morgan fingerprint density at radius 2 is 1.92 bits per heavy atom. The standard InChI is InChI=1S/C15H24N4O4S/c1-17-24(21,22)14-6-4-3-5-13(14)18-7-9-19(10-8-18)15(20)12(16)11-23-2/h3-6,12,17H,7-11,16H2,1-2H3. The molecule has 8 nitrogen and oxygen atoms in total. The first-order valence-corrected chi connectivity index (χ1v) is 9.20. The number of nitrogens with two attached hydrogens (primary N) is 1. The third kappa shape index (κ3) is 4.04. The number of benzene rings is 1. The maximum atomic E-state index is 12.2. The number of hydrogen-bond acceptors (Lipinski definition) is 6. The molecule has 1 amide bonds. The van der Waals surface area contributed by atoms with E-state index in [1.165, 1.54) is 14.2 Å². The summed E-state index contributed by atoms with van der Waals surface area (Å²) in [6, 6.07) is 6.18. The van der Waals surface area contributed by atoms with E-state index in [2.05, 4.69) is 4.72 Å². The van der Waals surface area contributed by atoms with Crippen LogP contribution < -0.4 is 15.4 Å². The molecule has 1 heterocycles. The highest BCUT2D eigenvalue weighted by atomic mass is 32.2. The number of piperazine rings is 1. The van der Waals surface area contributed by atoms with E-state index in [1.807, 2.05) is 4.90 Å². The van der Waals surface area contributed by atoms with Crippen molar-refractivity contribution in [2.75, 3.05) is 51.8 Å². The third-order valence-corrected chi connectivity index (χ3v) is 5.48. The van der Waals surface area contributed by atoms with Crippen LogP contribution in [0.5, 0.6) is 0 Å². The lowest BCUT2D eigenvalue weighted by Crippen LogP contribution is -2.54. The lowest BCUT2D eigenvalue weighted by atomic mass is 10.2. The van der Waals surface area contributed by atoms with Gasteiger partial charge in [-0.05, 0) is 19.2 Å². The van der Waals surface area contributed by atoms with Crippen LogP contribution in [0.2, 0.25) is 0 Å². The summed E-state index contributed by atoms with van der Waals surface area (Å²) < 4.78 is 31.6. The van der Waals surface area contributed by atoms with Crippen LogP contribution in [-0.2, 0) is 19.6 Å². The summed E-state index contributed by atoms with van der Waals surface area (Å²) in [4.78, 5) is 16.1. The Morgan fingerprint density at radius 3 is 2.50 bits per heavy atom. The van der Waals surface area contributed by atoms with Crippen LogP contribution in [-0.4, -0.2) is 72.2 Å². The zero-order valence-corrected chi connectivity index (χ0v) is 14.8. The average Bonchev–Trinajstić information content (AvgIpc) is 2.61. The fraction of sp³-hybridized carbons (Fsp3) is 0.533. The van der Waals surface area contributed by atoms with Crippen LogP contribution >= 0.6 is 0 Å². The second-order valence-electron chi connectivity index (χ2n) is 5.55. The van der Waals surface area contributed by atoms with Gasteiger partial charge in [-0.1, -0.05) is 12.1 Å². The van der Waals surface area contributed by atoms with E-state index in [0.29, 0.717) is 31.9 Å². The molecule has 1 aromatic carbocycles. The van der Waals surface area contributed by atoms with E-state index in [9.17, 15) is 13.2 Å². The second kappa shape index (κ2) is 7.93. The lowest BCUT2D eigenvalue weighted by Gasteiger charge is -2.37. The minimum atomic E-state index is -3.54. The van der Waals surface area contributed by atoms with E-state index in [-0.39, 0.29) is 17.4 Å². The molecule has 2 rings (SSSR count). The monoisotopic (exact) mass is 356 g/mol. The molecule has 9 heteroatoms. The fourth-order valence-electron chi connectivity index (χ4n) is 2.71. The van der Waals surface area contributed by atoms with Crippen molar-refractivity contribution in [2.24, 2.45) is 5.73 Å². The molecule has 1 saturated heterocycles. The number of carbonyl (C=O) groups excluding carboxylic acids is 1. The molecule has 1 unspecified atom stereocenters. The van der Waals surface area contributed by atoms with Crippen LogP contribution in [0.15, 0.2) is 29.2 Å². The quantitative estimate of drug-likeness (QED) is 0.693. The van der Waals surface area contributed by atoms with E-state index < -0.39 is 16.1 Å². The predicted molar refractivity (Wildman–Crippen MR) is 91.3 cm³/mol. The molecule has 1 atom stereocenters. The minimum Gasteiger partial charge on any atom is -0.383 e. The predicted octanol–water partition coefficient (Wildman–Crippen LogP) is -0.783. The number of anilines is 1. The Labute approximate surface area is 142 Å². The normalized spacial score (nSPS) is 17.0. The number of carbonyl (C=O) groups is 1. The molecular formula is C15H24N4O4S. The maximum Gasteiger partial charge on any atom is 0.242 e. The topological polar surface area (TPSA) is 105 Å². The van der Waals surface area contributed by atoms with Gasteiger partial charge in [-0.2, -0.15) is 0 Å². The van der Waals surface area contributed by atoms with Crippen molar-refractivity contribution in [3.63, 3.8) is 0 Å². The molecule has 0 spiro atoms. The van der Waals surface area contributed by atoms with Gasteiger partial charge in [0.2, 0.25) is 15.9 Å².